The highest BCUT2D eigenvalue weighted by Crippen LogP contribution is 2.23. The molecular weight excluding hydrogens is 428 g/mol. The van der Waals surface area contributed by atoms with E-state index in [1.165, 1.54) is 6.92 Å². The first-order chi connectivity index (χ1) is 16.5. The van der Waals surface area contributed by atoms with Gasteiger partial charge < -0.3 is 16.0 Å². The van der Waals surface area contributed by atoms with E-state index in [-0.39, 0.29) is 17.9 Å². The smallest absolute Gasteiger partial charge is 0.275 e. The van der Waals surface area contributed by atoms with Gasteiger partial charge in [-0.05, 0) is 48.9 Å². The number of carbonyl (C=O) groups excluding carboxylic acids is 1. The summed E-state index contributed by atoms with van der Waals surface area (Å²) in [5.74, 6) is 0.755. The zero-order valence-electron chi connectivity index (χ0n) is 18.8. The van der Waals surface area contributed by atoms with Crippen LogP contribution >= 0.6 is 0 Å². The maximum Gasteiger partial charge on any atom is 0.275 e. The fraction of sp³-hybridized carbons (Fsp3) is 0.120. The second kappa shape index (κ2) is 10.8. The van der Waals surface area contributed by atoms with Crippen molar-refractivity contribution in [2.75, 3.05) is 16.0 Å². The van der Waals surface area contributed by atoms with E-state index in [0.717, 1.165) is 22.6 Å². The predicted octanol–water partition coefficient (Wildman–Crippen LogP) is 6.16. The summed E-state index contributed by atoms with van der Waals surface area (Å²) in [6.07, 6.45) is 0. The second-order valence-electron chi connectivity index (χ2n) is 7.46. The van der Waals surface area contributed by atoms with Crippen molar-refractivity contribution in [3.05, 3.63) is 90.5 Å². The number of azo groups is 1. The predicted molar refractivity (Wildman–Crippen MR) is 133 cm³/mol. The molecule has 1 atom stereocenters. The summed E-state index contributed by atoms with van der Waals surface area (Å²) in [7, 11) is 0. The molecule has 1 unspecified atom stereocenters. The molecule has 0 bridgehead atoms. The number of hydrogen-bond acceptors (Lipinski definition) is 8. The molecule has 0 saturated carbocycles. The second-order valence-corrected chi connectivity index (χ2v) is 7.46. The van der Waals surface area contributed by atoms with Crippen molar-refractivity contribution in [1.82, 2.24) is 15.0 Å². The average Bonchev–Trinajstić information content (AvgIpc) is 2.84. The van der Waals surface area contributed by atoms with Crippen LogP contribution in [0.3, 0.4) is 0 Å². The maximum atomic E-state index is 11.2. The quantitative estimate of drug-likeness (QED) is 0.276. The first kappa shape index (κ1) is 22.5. The van der Waals surface area contributed by atoms with Gasteiger partial charge in [0.1, 0.15) is 0 Å². The molecule has 1 amide bonds. The third-order valence-corrected chi connectivity index (χ3v) is 4.72. The molecule has 0 aliphatic heterocycles. The van der Waals surface area contributed by atoms with Crippen LogP contribution in [-0.2, 0) is 4.79 Å². The van der Waals surface area contributed by atoms with Crippen LogP contribution < -0.4 is 16.0 Å². The third kappa shape index (κ3) is 6.42. The number of carbonyl (C=O) groups is 1. The standard InChI is InChI=1S/C25H24N8O/c1-17(19-13-15-22(16-14-19)26-18(2)34)32-33-25-30-23(27-20-9-5-3-6-10-20)29-24(31-25)28-21-11-7-4-8-12-21/h3-17H,1-2H3,(H,26,34)(H2,27,28,29,30,31). The van der Waals surface area contributed by atoms with E-state index in [2.05, 4.69) is 41.1 Å². The summed E-state index contributed by atoms with van der Waals surface area (Å²) >= 11 is 0. The van der Waals surface area contributed by atoms with Crippen molar-refractivity contribution in [1.29, 1.82) is 0 Å². The minimum Gasteiger partial charge on any atom is -0.326 e. The van der Waals surface area contributed by atoms with Gasteiger partial charge in [0.2, 0.25) is 17.8 Å². The molecule has 3 N–H and O–H groups in total. The molecule has 0 fully saturated rings. The van der Waals surface area contributed by atoms with Gasteiger partial charge >= 0.3 is 0 Å². The molecule has 4 rings (SSSR count). The Morgan fingerprint density at radius 2 is 1.26 bits per heavy atom. The van der Waals surface area contributed by atoms with Crippen LogP contribution in [0.15, 0.2) is 95.2 Å². The number of benzene rings is 3. The third-order valence-electron chi connectivity index (χ3n) is 4.72. The van der Waals surface area contributed by atoms with E-state index in [1.807, 2.05) is 91.9 Å². The van der Waals surface area contributed by atoms with Gasteiger partial charge in [0.05, 0.1) is 6.04 Å². The lowest BCUT2D eigenvalue weighted by atomic mass is 10.1. The molecule has 170 valence electrons. The minimum absolute atomic E-state index is 0.116. The first-order valence-corrected chi connectivity index (χ1v) is 10.7. The van der Waals surface area contributed by atoms with Crippen LogP contribution in [0.5, 0.6) is 0 Å². The fourth-order valence-electron chi connectivity index (χ4n) is 3.08. The van der Waals surface area contributed by atoms with Gasteiger partial charge in [-0.2, -0.15) is 20.1 Å². The van der Waals surface area contributed by atoms with Crippen molar-refractivity contribution in [3.63, 3.8) is 0 Å². The van der Waals surface area contributed by atoms with Crippen LogP contribution in [0, 0.1) is 0 Å². The van der Waals surface area contributed by atoms with Crippen molar-refractivity contribution in [2.24, 2.45) is 10.2 Å². The highest BCUT2D eigenvalue weighted by molar-refractivity contribution is 5.88. The normalized spacial score (nSPS) is 11.7. The molecule has 0 saturated heterocycles. The Kier molecular flexibility index (Phi) is 7.14. The Balaban J connectivity index is 1.56. The summed E-state index contributed by atoms with van der Waals surface area (Å²) in [4.78, 5) is 24.5. The Bertz CT molecular complexity index is 1200. The van der Waals surface area contributed by atoms with Gasteiger partial charge in [0.25, 0.3) is 5.95 Å². The van der Waals surface area contributed by atoms with E-state index in [9.17, 15) is 4.79 Å². The average molecular weight is 453 g/mol. The van der Waals surface area contributed by atoms with Crippen molar-refractivity contribution in [3.8, 4) is 0 Å². The molecule has 34 heavy (non-hydrogen) atoms. The number of para-hydroxylation sites is 2. The molecule has 9 heteroatoms. The Morgan fingerprint density at radius 1 is 0.735 bits per heavy atom. The highest BCUT2D eigenvalue weighted by Gasteiger charge is 2.09. The molecule has 3 aromatic carbocycles. The number of aromatic nitrogens is 3. The van der Waals surface area contributed by atoms with Gasteiger partial charge in [0, 0.05) is 24.0 Å². The van der Waals surface area contributed by atoms with E-state index in [0.29, 0.717) is 11.9 Å². The highest BCUT2D eigenvalue weighted by atomic mass is 16.1. The monoisotopic (exact) mass is 452 g/mol. The lowest BCUT2D eigenvalue weighted by Gasteiger charge is -2.09. The summed E-state index contributed by atoms with van der Waals surface area (Å²) in [5, 5.41) is 17.7. The van der Waals surface area contributed by atoms with E-state index >= 15 is 0 Å². The molecule has 1 heterocycles. The van der Waals surface area contributed by atoms with Crippen LogP contribution in [0.25, 0.3) is 0 Å². The maximum absolute atomic E-state index is 11.2. The summed E-state index contributed by atoms with van der Waals surface area (Å²) in [6, 6.07) is 26.4. The minimum atomic E-state index is -0.237. The lowest BCUT2D eigenvalue weighted by molar-refractivity contribution is -0.114. The van der Waals surface area contributed by atoms with Gasteiger partial charge in [-0.3, -0.25) is 4.79 Å². The van der Waals surface area contributed by atoms with Gasteiger partial charge in [-0.1, -0.05) is 48.5 Å². The van der Waals surface area contributed by atoms with Crippen LogP contribution in [0.1, 0.15) is 25.5 Å². The fourth-order valence-corrected chi connectivity index (χ4v) is 3.08. The summed E-state index contributed by atoms with van der Waals surface area (Å²) < 4.78 is 0. The molecule has 0 aliphatic carbocycles. The number of nitrogens with zero attached hydrogens (tertiary/aromatic N) is 5. The van der Waals surface area contributed by atoms with Gasteiger partial charge in [-0.15, -0.1) is 5.11 Å². The number of anilines is 5. The van der Waals surface area contributed by atoms with E-state index in [1.54, 1.807) is 0 Å². The molecule has 0 aliphatic rings. The number of hydrogen-bond donors (Lipinski definition) is 3. The SMILES string of the molecule is CC(=O)Nc1ccc(C(C)N=Nc2nc(Nc3ccccc3)nc(Nc3ccccc3)n2)cc1. The molecule has 4 aromatic rings. The Hall–Kier alpha value is -4.66. The topological polar surface area (TPSA) is 117 Å². The number of rotatable bonds is 8. The number of amides is 1. The number of nitrogens with one attached hydrogen (secondary N) is 3. The molecular formula is C25H24N8O. The summed E-state index contributed by atoms with van der Waals surface area (Å²) in [5.41, 5.74) is 3.35. The van der Waals surface area contributed by atoms with E-state index in [4.69, 9.17) is 0 Å². The Labute approximate surface area is 197 Å². The van der Waals surface area contributed by atoms with Gasteiger partial charge in [0.15, 0.2) is 0 Å². The van der Waals surface area contributed by atoms with Gasteiger partial charge in [-0.25, -0.2) is 0 Å². The van der Waals surface area contributed by atoms with Crippen molar-refractivity contribution in [2.45, 2.75) is 19.9 Å². The molecule has 1 aromatic heterocycles. The van der Waals surface area contributed by atoms with Crippen molar-refractivity contribution >= 4 is 40.8 Å². The summed E-state index contributed by atoms with van der Waals surface area (Å²) in [6.45, 7) is 3.39. The lowest BCUT2D eigenvalue weighted by Crippen LogP contribution is -2.05. The largest absolute Gasteiger partial charge is 0.326 e. The molecule has 9 nitrogen and oxygen atoms in total. The van der Waals surface area contributed by atoms with Crippen LogP contribution in [0.2, 0.25) is 0 Å². The first-order valence-electron chi connectivity index (χ1n) is 10.7. The van der Waals surface area contributed by atoms with Crippen LogP contribution in [0.4, 0.5) is 34.9 Å². The molecule has 0 spiro atoms. The Morgan fingerprint density at radius 3 is 1.76 bits per heavy atom. The van der Waals surface area contributed by atoms with E-state index < -0.39 is 0 Å². The van der Waals surface area contributed by atoms with Crippen molar-refractivity contribution < 1.29 is 4.79 Å². The van der Waals surface area contributed by atoms with Crippen LogP contribution in [-0.4, -0.2) is 20.9 Å². The zero-order chi connectivity index (χ0) is 23.8. The molecule has 0 radical (unpaired) electrons. The zero-order valence-corrected chi connectivity index (χ0v) is 18.8.